The average molecular weight is 632 g/mol. The summed E-state index contributed by atoms with van der Waals surface area (Å²) in [4.78, 5) is 73.7. The second-order valence-corrected chi connectivity index (χ2v) is 10.6. The van der Waals surface area contributed by atoms with Crippen molar-refractivity contribution in [2.75, 3.05) is 32.7 Å². The van der Waals surface area contributed by atoms with E-state index in [-0.39, 0.29) is 44.2 Å². The minimum absolute atomic E-state index is 0.147. The monoisotopic (exact) mass is 631 g/mol. The van der Waals surface area contributed by atoms with Gasteiger partial charge in [0.25, 0.3) is 0 Å². The summed E-state index contributed by atoms with van der Waals surface area (Å²) in [5, 5.41) is 32.8. The van der Waals surface area contributed by atoms with Crippen LogP contribution in [0.5, 0.6) is 0 Å². The molecule has 9 N–H and O–H groups in total. The van der Waals surface area contributed by atoms with Crippen LogP contribution in [-0.2, 0) is 35.2 Å². The maximum absolute atomic E-state index is 12.9. The predicted molar refractivity (Wildman–Crippen MR) is 163 cm³/mol. The Labute approximate surface area is 262 Å². The third-order valence-electron chi connectivity index (χ3n) is 6.83. The van der Waals surface area contributed by atoms with Crippen LogP contribution < -0.4 is 32.3 Å². The molecular weight excluding hydrogens is 586 g/mol. The van der Waals surface area contributed by atoms with Gasteiger partial charge in [0.1, 0.15) is 18.5 Å². The normalized spacial score (nSPS) is 15.6. The first kappa shape index (κ1) is 36.8. The number of nitrogens with two attached hydrogens (primary N) is 1. The summed E-state index contributed by atoms with van der Waals surface area (Å²) in [5.74, 6) is -2.77. The topological polar surface area (TPSA) is 232 Å². The smallest absolute Gasteiger partial charge is 0.248 e. The molecule has 0 aliphatic carbocycles. The van der Waals surface area contributed by atoms with E-state index in [4.69, 9.17) is 5.73 Å². The van der Waals surface area contributed by atoms with E-state index in [1.54, 1.807) is 30.3 Å². The number of rotatable bonds is 21. The molecule has 248 valence electrons. The van der Waals surface area contributed by atoms with Gasteiger partial charge in [-0.25, -0.2) is 0 Å². The summed E-state index contributed by atoms with van der Waals surface area (Å²) in [6, 6.07) is 8.00. The Balaban J connectivity index is 1.69. The summed E-state index contributed by atoms with van der Waals surface area (Å²) in [6.45, 7) is -0.190. The molecule has 1 heterocycles. The van der Waals surface area contributed by atoms with E-state index in [1.807, 2.05) is 6.07 Å². The van der Waals surface area contributed by atoms with E-state index in [0.29, 0.717) is 45.2 Å². The van der Waals surface area contributed by atoms with Crippen LogP contribution in [0.15, 0.2) is 42.5 Å². The minimum atomic E-state index is -1.08. The van der Waals surface area contributed by atoms with Crippen LogP contribution in [0.25, 0.3) is 0 Å². The average Bonchev–Trinajstić information content (AvgIpc) is 3.01. The third-order valence-corrected chi connectivity index (χ3v) is 6.83. The summed E-state index contributed by atoms with van der Waals surface area (Å²) in [5.41, 5.74) is 5.86. The maximum Gasteiger partial charge on any atom is 0.248 e. The molecule has 3 atom stereocenters. The van der Waals surface area contributed by atoms with Crippen molar-refractivity contribution >= 4 is 35.4 Å². The van der Waals surface area contributed by atoms with Gasteiger partial charge in [-0.1, -0.05) is 42.8 Å². The fraction of sp³-hybridized carbons (Fsp3) is 0.533. The Kier molecular flexibility index (Phi) is 16.9. The fourth-order valence-corrected chi connectivity index (χ4v) is 4.40. The molecule has 0 saturated carbocycles. The number of nitrogens with zero attached hydrogens (tertiary/aromatic N) is 1. The molecule has 6 amide bonds. The van der Waals surface area contributed by atoms with Crippen LogP contribution >= 0.6 is 0 Å². The van der Waals surface area contributed by atoms with Gasteiger partial charge < -0.3 is 42.1 Å². The number of unbranched alkanes of at least 4 members (excludes halogenated alkanes) is 2. The first-order valence-corrected chi connectivity index (χ1v) is 15.0. The fourth-order valence-electron chi connectivity index (χ4n) is 4.40. The van der Waals surface area contributed by atoms with Gasteiger partial charge in [-0.05, 0) is 37.4 Å². The molecule has 0 spiro atoms. The first-order valence-electron chi connectivity index (χ1n) is 15.0. The molecule has 0 fully saturated rings. The standard InChI is InChI=1S/C30H45N7O8/c31-23(38)11-8-15-32-25(40)19-35-30(45)22(17-21-9-3-1-4-10-21)36-27(42)20-34-26(41)18-33-24(39)12-5-2-6-16-37-28(43)13-7-14-29(37)44/h1,3-4,7,9-10,13,22,25,29,32,40,44H,2,5-6,8,11-12,14-20H2,(H2,31,38)(H,33,39)(H,34,41)(H,35,45)(H,36,42)/t22?,25-,29?/m1/s1. The molecule has 2 unspecified atom stereocenters. The SMILES string of the molecule is NC(=O)CCCN[C@H](O)CNC(=O)C(Cc1ccccc1)NC(=O)CNC(=O)CNC(=O)CCCCCN1C(=O)C=CCC1O. The van der Waals surface area contributed by atoms with Crippen molar-refractivity contribution in [3.63, 3.8) is 0 Å². The highest BCUT2D eigenvalue weighted by molar-refractivity contribution is 5.91. The van der Waals surface area contributed by atoms with Crippen molar-refractivity contribution in [3.05, 3.63) is 48.0 Å². The van der Waals surface area contributed by atoms with E-state index >= 15 is 0 Å². The largest absolute Gasteiger partial charge is 0.377 e. The van der Waals surface area contributed by atoms with Crippen molar-refractivity contribution in [1.82, 2.24) is 31.5 Å². The number of aliphatic hydroxyl groups excluding tert-OH is 2. The summed E-state index contributed by atoms with van der Waals surface area (Å²) in [7, 11) is 0. The van der Waals surface area contributed by atoms with E-state index in [9.17, 15) is 39.0 Å². The zero-order valence-electron chi connectivity index (χ0n) is 25.3. The van der Waals surface area contributed by atoms with Crippen LogP contribution in [0.4, 0.5) is 0 Å². The van der Waals surface area contributed by atoms with Crippen molar-refractivity contribution < 1.29 is 39.0 Å². The predicted octanol–water partition coefficient (Wildman–Crippen LogP) is -2.10. The molecule has 0 saturated heterocycles. The summed E-state index contributed by atoms with van der Waals surface area (Å²) in [6.07, 6.45) is 4.30. The second kappa shape index (κ2) is 20.6. The lowest BCUT2D eigenvalue weighted by Crippen LogP contribution is -2.53. The zero-order chi connectivity index (χ0) is 33.0. The van der Waals surface area contributed by atoms with E-state index < -0.39 is 48.7 Å². The van der Waals surface area contributed by atoms with Crippen LogP contribution in [0.2, 0.25) is 0 Å². The first-order chi connectivity index (χ1) is 21.5. The van der Waals surface area contributed by atoms with Crippen molar-refractivity contribution in [1.29, 1.82) is 0 Å². The number of hydrogen-bond donors (Lipinski definition) is 8. The number of primary amides is 1. The Morgan fingerprint density at radius 1 is 0.911 bits per heavy atom. The molecule has 1 aromatic rings. The molecule has 1 aromatic carbocycles. The molecule has 15 nitrogen and oxygen atoms in total. The van der Waals surface area contributed by atoms with Crippen molar-refractivity contribution in [2.45, 2.75) is 69.9 Å². The second-order valence-electron chi connectivity index (χ2n) is 10.6. The van der Waals surface area contributed by atoms with Gasteiger partial charge in [0.2, 0.25) is 35.4 Å². The summed E-state index contributed by atoms with van der Waals surface area (Å²) < 4.78 is 0. The molecule has 2 rings (SSSR count). The number of nitrogens with one attached hydrogen (secondary N) is 5. The molecule has 0 bridgehead atoms. The molecule has 0 radical (unpaired) electrons. The molecule has 1 aliphatic heterocycles. The number of aliphatic hydroxyl groups is 2. The highest BCUT2D eigenvalue weighted by Gasteiger charge is 2.23. The van der Waals surface area contributed by atoms with Gasteiger partial charge >= 0.3 is 0 Å². The summed E-state index contributed by atoms with van der Waals surface area (Å²) >= 11 is 0. The number of benzene rings is 1. The molecule has 45 heavy (non-hydrogen) atoms. The van der Waals surface area contributed by atoms with E-state index in [1.165, 1.54) is 11.0 Å². The minimum Gasteiger partial charge on any atom is -0.377 e. The van der Waals surface area contributed by atoms with E-state index in [0.717, 1.165) is 5.56 Å². The Morgan fingerprint density at radius 2 is 1.62 bits per heavy atom. The Hall–Kier alpha value is -4.34. The highest BCUT2D eigenvalue weighted by Crippen LogP contribution is 2.12. The van der Waals surface area contributed by atoms with Gasteiger partial charge in [-0.3, -0.25) is 34.1 Å². The Bertz CT molecular complexity index is 1160. The van der Waals surface area contributed by atoms with Crippen molar-refractivity contribution in [3.8, 4) is 0 Å². The van der Waals surface area contributed by atoms with E-state index in [2.05, 4.69) is 26.6 Å². The van der Waals surface area contributed by atoms with Gasteiger partial charge in [0.05, 0.1) is 19.6 Å². The van der Waals surface area contributed by atoms with Crippen LogP contribution in [-0.4, -0.2) is 102 Å². The lowest BCUT2D eigenvalue weighted by atomic mass is 10.1. The number of carbonyl (C=O) groups excluding carboxylic acids is 6. The van der Waals surface area contributed by atoms with Gasteiger partial charge in [-0.2, -0.15) is 0 Å². The zero-order valence-corrected chi connectivity index (χ0v) is 25.3. The highest BCUT2D eigenvalue weighted by atomic mass is 16.3. The van der Waals surface area contributed by atoms with Crippen molar-refractivity contribution in [2.24, 2.45) is 5.73 Å². The molecule has 15 heteroatoms. The number of carbonyl (C=O) groups is 6. The van der Waals surface area contributed by atoms with Gasteiger partial charge in [-0.15, -0.1) is 0 Å². The van der Waals surface area contributed by atoms with Gasteiger partial charge in [0.15, 0.2) is 0 Å². The number of amides is 6. The van der Waals surface area contributed by atoms with Gasteiger partial charge in [0, 0.05) is 32.2 Å². The van der Waals surface area contributed by atoms with Crippen LogP contribution in [0.3, 0.4) is 0 Å². The van der Waals surface area contributed by atoms with Crippen LogP contribution in [0.1, 0.15) is 50.5 Å². The quantitative estimate of drug-likeness (QED) is 0.0548. The molecule has 0 aromatic heterocycles. The van der Waals surface area contributed by atoms with Crippen LogP contribution in [0, 0.1) is 0 Å². The maximum atomic E-state index is 12.9. The lowest BCUT2D eigenvalue weighted by Gasteiger charge is -2.28. The molecular formula is C30H45N7O8. The third kappa shape index (κ3) is 15.8. The number of hydrogen-bond acceptors (Lipinski definition) is 9. The Morgan fingerprint density at radius 3 is 2.33 bits per heavy atom. The molecule has 1 aliphatic rings. The lowest BCUT2D eigenvalue weighted by molar-refractivity contribution is -0.137.